The maximum atomic E-state index is 13.0. The van der Waals surface area contributed by atoms with E-state index in [1.54, 1.807) is 11.9 Å². The number of aliphatic hydroxyl groups is 1. The third-order valence-corrected chi connectivity index (χ3v) is 6.42. The monoisotopic (exact) mass is 361 g/mol. The van der Waals surface area contributed by atoms with Gasteiger partial charge in [0.15, 0.2) is 0 Å². The summed E-state index contributed by atoms with van der Waals surface area (Å²) in [6.07, 6.45) is 5.31. The van der Waals surface area contributed by atoms with E-state index < -0.39 is 5.63 Å². The van der Waals surface area contributed by atoms with Crippen LogP contribution in [0.3, 0.4) is 0 Å². The molecule has 5 heteroatoms. The highest BCUT2D eigenvalue weighted by Crippen LogP contribution is 2.45. The minimum absolute atomic E-state index is 0.141. The Balaban J connectivity index is 1.76. The molecule has 5 atom stereocenters. The predicted molar refractivity (Wildman–Crippen MR) is 100 cm³/mol. The molecule has 1 N–H and O–H groups in total. The Labute approximate surface area is 155 Å². The quantitative estimate of drug-likeness (QED) is 0.872. The number of amides is 1. The van der Waals surface area contributed by atoms with Crippen LogP contribution in [0.2, 0.25) is 0 Å². The van der Waals surface area contributed by atoms with Gasteiger partial charge in [-0.3, -0.25) is 4.79 Å². The van der Waals surface area contributed by atoms with Crippen LogP contribution in [0.15, 0.2) is 15.3 Å². The smallest absolute Gasteiger partial charge is 0.349 e. The lowest BCUT2D eigenvalue weighted by Gasteiger charge is -2.26. The largest absolute Gasteiger partial charge is 0.427 e. The molecule has 2 aliphatic carbocycles. The molecule has 1 aromatic heterocycles. The van der Waals surface area contributed by atoms with E-state index in [2.05, 4.69) is 6.92 Å². The van der Waals surface area contributed by atoms with Crippen molar-refractivity contribution in [3.8, 4) is 0 Å². The number of hydrogen-bond donors (Lipinski definition) is 1. The molecule has 0 aromatic carbocycles. The number of carbonyl (C=O) groups excluding carboxylic acids is 1. The molecule has 0 saturated heterocycles. The molecule has 2 saturated carbocycles. The molecule has 1 amide bonds. The normalized spacial score (nSPS) is 28.8. The van der Waals surface area contributed by atoms with Crippen LogP contribution in [0.1, 0.15) is 80.0 Å². The standard InChI is InChI=1S/C21H31NO4/c1-5-6-12(2)18-7-13(3)19(21(25)26-18)20(24)22(4)16-8-14-10-17(23)11-15(14)9-16/h7,12,14-17,23H,5-6,8-11H2,1-4H3/t12?,14-,15+,16?,17?. The SMILES string of the molecule is CCCC(C)c1cc(C)c(C(=O)N(C)C2C[C@H]3CC(O)C[C@H]3C2)c(=O)o1. The van der Waals surface area contributed by atoms with Crippen LogP contribution >= 0.6 is 0 Å². The Hall–Kier alpha value is -1.62. The van der Waals surface area contributed by atoms with Gasteiger partial charge in [-0.15, -0.1) is 0 Å². The molecule has 3 rings (SSSR count). The van der Waals surface area contributed by atoms with Gasteiger partial charge in [0.05, 0.1) is 6.10 Å². The first-order valence-electron chi connectivity index (χ1n) is 9.91. The molecule has 0 aliphatic heterocycles. The first kappa shape index (κ1) is 19.2. The number of fused-ring (bicyclic) bond motifs is 1. The fourth-order valence-electron chi connectivity index (χ4n) is 4.92. The van der Waals surface area contributed by atoms with Crippen molar-refractivity contribution in [2.45, 2.75) is 77.4 Å². The van der Waals surface area contributed by atoms with Crippen molar-refractivity contribution in [3.05, 3.63) is 33.4 Å². The zero-order valence-electron chi connectivity index (χ0n) is 16.3. The van der Waals surface area contributed by atoms with Crippen molar-refractivity contribution in [1.29, 1.82) is 0 Å². The average molecular weight is 361 g/mol. The van der Waals surface area contributed by atoms with Gasteiger partial charge in [-0.05, 0) is 62.5 Å². The van der Waals surface area contributed by atoms with E-state index in [1.165, 1.54) is 0 Å². The summed E-state index contributed by atoms with van der Waals surface area (Å²) in [5.41, 5.74) is 0.343. The van der Waals surface area contributed by atoms with Gasteiger partial charge in [-0.2, -0.15) is 0 Å². The Morgan fingerprint density at radius 2 is 1.92 bits per heavy atom. The zero-order valence-corrected chi connectivity index (χ0v) is 16.3. The average Bonchev–Trinajstić information content (AvgIpc) is 3.10. The van der Waals surface area contributed by atoms with Crippen molar-refractivity contribution >= 4 is 5.91 Å². The number of carbonyl (C=O) groups is 1. The lowest BCUT2D eigenvalue weighted by molar-refractivity contribution is 0.0716. The molecular formula is C21H31NO4. The summed E-state index contributed by atoms with van der Waals surface area (Å²) in [7, 11) is 1.79. The zero-order chi connectivity index (χ0) is 19.0. The van der Waals surface area contributed by atoms with Crippen molar-refractivity contribution in [2.75, 3.05) is 7.05 Å². The van der Waals surface area contributed by atoms with Gasteiger partial charge in [0, 0.05) is 19.0 Å². The summed E-state index contributed by atoms with van der Waals surface area (Å²) in [5.74, 6) is 1.60. The van der Waals surface area contributed by atoms with Crippen LogP contribution in [0.5, 0.6) is 0 Å². The highest BCUT2D eigenvalue weighted by Gasteiger charge is 2.43. The van der Waals surface area contributed by atoms with E-state index in [0.29, 0.717) is 23.2 Å². The van der Waals surface area contributed by atoms with Crippen LogP contribution in [0.4, 0.5) is 0 Å². The highest BCUT2D eigenvalue weighted by molar-refractivity contribution is 5.95. The van der Waals surface area contributed by atoms with Crippen LogP contribution in [0.25, 0.3) is 0 Å². The molecule has 0 radical (unpaired) electrons. The number of hydrogen-bond acceptors (Lipinski definition) is 4. The molecule has 2 fully saturated rings. The van der Waals surface area contributed by atoms with E-state index in [0.717, 1.165) is 38.5 Å². The second kappa shape index (κ2) is 7.55. The van der Waals surface area contributed by atoms with E-state index in [4.69, 9.17) is 4.42 Å². The molecule has 26 heavy (non-hydrogen) atoms. The van der Waals surface area contributed by atoms with Crippen LogP contribution in [-0.4, -0.2) is 35.1 Å². The van der Waals surface area contributed by atoms with Crippen molar-refractivity contribution in [1.82, 2.24) is 4.90 Å². The van der Waals surface area contributed by atoms with Crippen molar-refractivity contribution in [2.24, 2.45) is 11.8 Å². The Morgan fingerprint density at radius 1 is 1.31 bits per heavy atom. The summed E-state index contributed by atoms with van der Waals surface area (Å²) in [4.78, 5) is 27.2. The molecule has 1 heterocycles. The van der Waals surface area contributed by atoms with Crippen molar-refractivity contribution < 1.29 is 14.3 Å². The van der Waals surface area contributed by atoms with Gasteiger partial charge < -0.3 is 14.4 Å². The molecule has 3 unspecified atom stereocenters. The second-order valence-corrected chi connectivity index (χ2v) is 8.37. The molecule has 1 aromatic rings. The Bertz CT molecular complexity index is 711. The molecule has 0 spiro atoms. The van der Waals surface area contributed by atoms with Gasteiger partial charge >= 0.3 is 5.63 Å². The highest BCUT2D eigenvalue weighted by atomic mass is 16.4. The first-order chi connectivity index (χ1) is 12.3. The van der Waals surface area contributed by atoms with Crippen LogP contribution < -0.4 is 5.63 Å². The lowest BCUT2D eigenvalue weighted by atomic mass is 10.00. The summed E-state index contributed by atoms with van der Waals surface area (Å²) in [6, 6.07) is 1.99. The number of rotatable bonds is 5. The Kier molecular flexibility index (Phi) is 5.56. The van der Waals surface area contributed by atoms with Gasteiger partial charge in [0.25, 0.3) is 5.91 Å². The summed E-state index contributed by atoms with van der Waals surface area (Å²) in [5, 5.41) is 9.79. The van der Waals surface area contributed by atoms with E-state index >= 15 is 0 Å². The molecule has 2 aliphatic rings. The molecule has 144 valence electrons. The fraction of sp³-hybridized carbons (Fsp3) is 0.714. The minimum Gasteiger partial charge on any atom is -0.427 e. The minimum atomic E-state index is -0.520. The maximum Gasteiger partial charge on any atom is 0.349 e. The third kappa shape index (κ3) is 3.59. The molecule has 5 nitrogen and oxygen atoms in total. The number of nitrogens with zero attached hydrogens (tertiary/aromatic N) is 1. The first-order valence-corrected chi connectivity index (χ1v) is 9.91. The lowest BCUT2D eigenvalue weighted by Crippen LogP contribution is -2.38. The predicted octanol–water partition coefficient (Wildman–Crippen LogP) is 3.47. The third-order valence-electron chi connectivity index (χ3n) is 6.42. The molecule has 0 bridgehead atoms. The van der Waals surface area contributed by atoms with Crippen LogP contribution in [-0.2, 0) is 0 Å². The van der Waals surface area contributed by atoms with Gasteiger partial charge in [0.1, 0.15) is 11.3 Å². The fourth-order valence-corrected chi connectivity index (χ4v) is 4.92. The van der Waals surface area contributed by atoms with Crippen LogP contribution in [0, 0.1) is 18.8 Å². The summed E-state index contributed by atoms with van der Waals surface area (Å²) < 4.78 is 5.49. The summed E-state index contributed by atoms with van der Waals surface area (Å²) >= 11 is 0. The van der Waals surface area contributed by atoms with Gasteiger partial charge in [-0.25, -0.2) is 4.79 Å². The second-order valence-electron chi connectivity index (χ2n) is 8.37. The van der Waals surface area contributed by atoms with E-state index in [9.17, 15) is 14.7 Å². The topological polar surface area (TPSA) is 70.8 Å². The number of aryl methyl sites for hydroxylation is 1. The number of aliphatic hydroxyl groups excluding tert-OH is 1. The van der Waals surface area contributed by atoms with E-state index in [-0.39, 0.29) is 29.5 Å². The van der Waals surface area contributed by atoms with Gasteiger partial charge in [0.2, 0.25) is 0 Å². The maximum absolute atomic E-state index is 13.0. The van der Waals surface area contributed by atoms with Crippen molar-refractivity contribution in [3.63, 3.8) is 0 Å². The molecular weight excluding hydrogens is 330 g/mol. The van der Waals surface area contributed by atoms with E-state index in [1.807, 2.05) is 19.9 Å². The summed E-state index contributed by atoms with van der Waals surface area (Å²) in [6.45, 7) is 5.96. The van der Waals surface area contributed by atoms with Gasteiger partial charge in [-0.1, -0.05) is 20.3 Å². The Morgan fingerprint density at radius 3 is 2.46 bits per heavy atom.